The first-order valence-electron chi connectivity index (χ1n) is 9.89. The summed E-state index contributed by atoms with van der Waals surface area (Å²) in [7, 11) is 0. The highest BCUT2D eigenvalue weighted by Gasteiger charge is 2.12. The fraction of sp³-hybridized carbons (Fsp3) is 0.0741. The number of carbonyl (C=O) groups is 1. The zero-order valence-electron chi connectivity index (χ0n) is 17.2. The quantitative estimate of drug-likeness (QED) is 0.231. The van der Waals surface area contributed by atoms with Crippen LogP contribution in [0.5, 0.6) is 11.5 Å². The molecular formula is C27H21FO3. The average Bonchev–Trinajstić information content (AvgIpc) is 2.77. The Morgan fingerprint density at radius 3 is 2.29 bits per heavy atom. The zero-order valence-corrected chi connectivity index (χ0v) is 17.2. The molecule has 0 aliphatic heterocycles. The summed E-state index contributed by atoms with van der Waals surface area (Å²) in [5.74, 6) is -0.319. The molecule has 1 N–H and O–H groups in total. The lowest BCUT2D eigenvalue weighted by molar-refractivity contribution is 0.0734. The first kappa shape index (κ1) is 20.4. The van der Waals surface area contributed by atoms with Crippen molar-refractivity contribution in [3.63, 3.8) is 0 Å². The third kappa shape index (κ3) is 4.48. The van der Waals surface area contributed by atoms with Gasteiger partial charge in [0.2, 0.25) is 0 Å². The van der Waals surface area contributed by atoms with E-state index in [1.807, 2.05) is 62.4 Å². The number of phenols is 1. The predicted molar refractivity (Wildman–Crippen MR) is 122 cm³/mol. The molecule has 154 valence electrons. The van der Waals surface area contributed by atoms with Crippen LogP contribution in [0.4, 0.5) is 4.39 Å². The number of aromatic hydroxyl groups is 1. The Balaban J connectivity index is 1.71. The summed E-state index contributed by atoms with van der Waals surface area (Å²) in [6, 6.07) is 20.5. The van der Waals surface area contributed by atoms with Crippen molar-refractivity contribution in [3.05, 3.63) is 106 Å². The normalized spacial score (nSPS) is 11.2. The SMILES string of the molecule is Cc1cc(C=Cc2cc(C(=O)Oc3ccc(F)cc3)cc3ccccc23)cc(C)c1O. The van der Waals surface area contributed by atoms with Crippen molar-refractivity contribution < 1.29 is 19.0 Å². The maximum absolute atomic E-state index is 13.1. The van der Waals surface area contributed by atoms with Crippen LogP contribution >= 0.6 is 0 Å². The van der Waals surface area contributed by atoms with Crippen molar-refractivity contribution >= 4 is 28.9 Å². The minimum absolute atomic E-state index is 0.284. The smallest absolute Gasteiger partial charge is 0.343 e. The molecule has 0 spiro atoms. The van der Waals surface area contributed by atoms with E-state index in [4.69, 9.17) is 4.74 Å². The molecule has 0 radical (unpaired) electrons. The van der Waals surface area contributed by atoms with Gasteiger partial charge < -0.3 is 9.84 Å². The minimum Gasteiger partial charge on any atom is -0.507 e. The maximum Gasteiger partial charge on any atom is 0.343 e. The van der Waals surface area contributed by atoms with E-state index >= 15 is 0 Å². The molecule has 0 bridgehead atoms. The van der Waals surface area contributed by atoms with Crippen LogP contribution in [0.15, 0.2) is 72.8 Å². The molecule has 0 aliphatic carbocycles. The van der Waals surface area contributed by atoms with E-state index in [2.05, 4.69) is 0 Å². The molecule has 31 heavy (non-hydrogen) atoms. The molecular weight excluding hydrogens is 391 g/mol. The molecule has 4 rings (SSSR count). The van der Waals surface area contributed by atoms with E-state index in [0.717, 1.165) is 33.0 Å². The number of esters is 1. The van der Waals surface area contributed by atoms with Crippen molar-refractivity contribution in [1.82, 2.24) is 0 Å². The van der Waals surface area contributed by atoms with Crippen LogP contribution < -0.4 is 4.74 Å². The van der Waals surface area contributed by atoms with Crippen LogP contribution in [0.1, 0.15) is 32.6 Å². The Morgan fingerprint density at radius 2 is 1.58 bits per heavy atom. The third-order valence-electron chi connectivity index (χ3n) is 5.12. The Bertz CT molecular complexity index is 1280. The molecule has 4 aromatic carbocycles. The van der Waals surface area contributed by atoms with Crippen molar-refractivity contribution in [2.45, 2.75) is 13.8 Å². The molecule has 0 aromatic heterocycles. The van der Waals surface area contributed by atoms with E-state index in [1.165, 1.54) is 24.3 Å². The molecule has 0 fully saturated rings. The van der Waals surface area contributed by atoms with Gasteiger partial charge in [0.25, 0.3) is 0 Å². The molecule has 0 amide bonds. The number of phenolic OH excluding ortho intramolecular Hbond substituents is 1. The number of hydrogen-bond acceptors (Lipinski definition) is 3. The lowest BCUT2D eigenvalue weighted by atomic mass is 9.99. The summed E-state index contributed by atoms with van der Waals surface area (Å²) in [6.07, 6.45) is 3.90. The van der Waals surface area contributed by atoms with Gasteiger partial charge in [0.1, 0.15) is 17.3 Å². The number of halogens is 1. The first-order chi connectivity index (χ1) is 14.9. The predicted octanol–water partition coefficient (Wildman–Crippen LogP) is 6.69. The number of ether oxygens (including phenoxy) is 1. The van der Waals surface area contributed by atoms with Crippen LogP contribution in [0.2, 0.25) is 0 Å². The summed E-state index contributed by atoms with van der Waals surface area (Å²) >= 11 is 0. The van der Waals surface area contributed by atoms with E-state index in [1.54, 1.807) is 12.1 Å². The molecule has 0 atom stereocenters. The fourth-order valence-corrected chi connectivity index (χ4v) is 3.54. The number of benzene rings is 4. The molecule has 0 unspecified atom stereocenters. The van der Waals surface area contributed by atoms with Gasteiger partial charge >= 0.3 is 5.97 Å². The van der Waals surface area contributed by atoms with Gasteiger partial charge in [-0.25, -0.2) is 9.18 Å². The highest BCUT2D eigenvalue weighted by atomic mass is 19.1. The molecule has 4 heteroatoms. The zero-order chi connectivity index (χ0) is 22.0. The second kappa shape index (κ2) is 8.44. The van der Waals surface area contributed by atoms with Crippen molar-refractivity contribution in [2.24, 2.45) is 0 Å². The van der Waals surface area contributed by atoms with E-state index in [9.17, 15) is 14.3 Å². The lowest BCUT2D eigenvalue weighted by Crippen LogP contribution is -2.08. The lowest BCUT2D eigenvalue weighted by Gasteiger charge is -2.09. The van der Waals surface area contributed by atoms with Gasteiger partial charge in [-0.15, -0.1) is 0 Å². The van der Waals surface area contributed by atoms with Crippen LogP contribution in [0, 0.1) is 19.7 Å². The number of hydrogen-bond donors (Lipinski definition) is 1. The summed E-state index contributed by atoms with van der Waals surface area (Å²) in [5, 5.41) is 11.9. The van der Waals surface area contributed by atoms with E-state index < -0.39 is 11.8 Å². The van der Waals surface area contributed by atoms with Crippen LogP contribution in [-0.4, -0.2) is 11.1 Å². The summed E-state index contributed by atoms with van der Waals surface area (Å²) in [4.78, 5) is 12.7. The molecule has 0 aliphatic rings. The van der Waals surface area contributed by atoms with Crippen LogP contribution in [0.25, 0.3) is 22.9 Å². The molecule has 4 aromatic rings. The van der Waals surface area contributed by atoms with Gasteiger partial charge in [0.15, 0.2) is 0 Å². The van der Waals surface area contributed by atoms with Crippen molar-refractivity contribution in [2.75, 3.05) is 0 Å². The third-order valence-corrected chi connectivity index (χ3v) is 5.12. The Labute approximate surface area is 180 Å². The molecule has 0 saturated heterocycles. The van der Waals surface area contributed by atoms with Crippen LogP contribution in [0.3, 0.4) is 0 Å². The number of rotatable bonds is 4. The van der Waals surface area contributed by atoms with Crippen LogP contribution in [-0.2, 0) is 0 Å². The summed E-state index contributed by atoms with van der Waals surface area (Å²) in [6.45, 7) is 3.72. The number of fused-ring (bicyclic) bond motifs is 1. The van der Waals surface area contributed by atoms with Gasteiger partial charge in [0, 0.05) is 0 Å². The van der Waals surface area contributed by atoms with E-state index in [-0.39, 0.29) is 5.75 Å². The first-order valence-corrected chi connectivity index (χ1v) is 9.89. The summed E-state index contributed by atoms with van der Waals surface area (Å²) < 4.78 is 18.5. The Hall–Kier alpha value is -3.92. The highest BCUT2D eigenvalue weighted by Crippen LogP contribution is 2.27. The minimum atomic E-state index is -0.511. The Kier molecular flexibility index (Phi) is 5.54. The van der Waals surface area contributed by atoms with Gasteiger partial charge in [-0.05, 0) is 95.4 Å². The Morgan fingerprint density at radius 1 is 0.903 bits per heavy atom. The monoisotopic (exact) mass is 412 g/mol. The van der Waals surface area contributed by atoms with Gasteiger partial charge in [-0.2, -0.15) is 0 Å². The highest BCUT2D eigenvalue weighted by molar-refractivity contribution is 6.01. The fourth-order valence-electron chi connectivity index (χ4n) is 3.54. The largest absolute Gasteiger partial charge is 0.507 e. The van der Waals surface area contributed by atoms with E-state index in [0.29, 0.717) is 11.3 Å². The molecule has 0 saturated carbocycles. The maximum atomic E-state index is 13.1. The molecule has 0 heterocycles. The standard InChI is InChI=1S/C27H21FO3/c1-17-13-19(14-18(2)26(17)29)7-8-21-16-22(15-20-5-3-4-6-25(20)21)27(30)31-24-11-9-23(28)10-12-24/h3-16,29H,1-2H3. The van der Waals surface area contributed by atoms with Gasteiger partial charge in [-0.1, -0.05) is 36.4 Å². The number of carbonyl (C=O) groups excluding carboxylic acids is 1. The summed E-state index contributed by atoms with van der Waals surface area (Å²) in [5.41, 5.74) is 3.84. The molecule has 3 nitrogen and oxygen atoms in total. The number of aryl methyl sites for hydroxylation is 2. The topological polar surface area (TPSA) is 46.5 Å². The average molecular weight is 412 g/mol. The van der Waals surface area contributed by atoms with Crippen molar-refractivity contribution in [3.8, 4) is 11.5 Å². The van der Waals surface area contributed by atoms with Gasteiger partial charge in [-0.3, -0.25) is 0 Å². The van der Waals surface area contributed by atoms with Gasteiger partial charge in [0.05, 0.1) is 5.56 Å². The second-order valence-electron chi connectivity index (χ2n) is 7.47. The van der Waals surface area contributed by atoms with Crippen molar-refractivity contribution in [1.29, 1.82) is 0 Å². The second-order valence-corrected chi connectivity index (χ2v) is 7.47.